The molecule has 0 radical (unpaired) electrons. The Morgan fingerprint density at radius 2 is 2.27 bits per heavy atom. The predicted octanol–water partition coefficient (Wildman–Crippen LogP) is 3.03. The predicted molar refractivity (Wildman–Crippen MR) is 84.6 cm³/mol. The fraction of sp³-hybridized carbons (Fsp3) is 0.133. The number of rotatable bonds is 5. The van der Waals surface area contributed by atoms with E-state index in [-0.39, 0.29) is 17.2 Å². The summed E-state index contributed by atoms with van der Waals surface area (Å²) in [5.74, 6) is 0.0457. The van der Waals surface area contributed by atoms with Crippen molar-refractivity contribution in [3.63, 3.8) is 0 Å². The van der Waals surface area contributed by atoms with Crippen molar-refractivity contribution in [3.05, 3.63) is 70.5 Å². The lowest BCUT2D eigenvalue weighted by Gasteiger charge is -2.27. The molecule has 1 atom stereocenters. The van der Waals surface area contributed by atoms with Gasteiger partial charge < -0.3 is 10.1 Å². The lowest BCUT2D eigenvalue weighted by molar-refractivity contribution is -0.384. The number of amides is 1. The topological polar surface area (TPSA) is 81.5 Å². The summed E-state index contributed by atoms with van der Waals surface area (Å²) in [5, 5.41) is 13.2. The van der Waals surface area contributed by atoms with Crippen LogP contribution in [0.2, 0.25) is 0 Å². The number of carbonyl (C=O) groups is 1. The Morgan fingerprint density at radius 1 is 1.55 bits per heavy atom. The molecule has 2 rings (SSSR count). The van der Waals surface area contributed by atoms with Crippen LogP contribution in [0.25, 0.3) is 0 Å². The van der Waals surface area contributed by atoms with Crippen molar-refractivity contribution >= 4 is 23.4 Å². The summed E-state index contributed by atoms with van der Waals surface area (Å²) in [5.41, 5.74) is 0.854. The number of hydrogen-bond donors (Lipinski definition) is 1. The number of ether oxygens (including phenoxy) is 1. The molecule has 1 amide bonds. The van der Waals surface area contributed by atoms with Crippen molar-refractivity contribution in [1.29, 1.82) is 0 Å². The summed E-state index contributed by atoms with van der Waals surface area (Å²) in [6.07, 6.45) is 3.29. The van der Waals surface area contributed by atoms with Crippen molar-refractivity contribution in [3.8, 4) is 0 Å². The molecule has 0 fully saturated rings. The number of carbonyl (C=O) groups excluding carboxylic acids is 1. The molecule has 0 spiro atoms. The molecule has 0 saturated heterocycles. The van der Waals surface area contributed by atoms with Crippen LogP contribution in [0.15, 0.2) is 59.7 Å². The molecular weight excluding hydrogens is 304 g/mol. The quantitative estimate of drug-likeness (QED) is 0.390. The first kappa shape index (κ1) is 15.8. The fourth-order valence-corrected chi connectivity index (χ4v) is 3.16. The lowest BCUT2D eigenvalue weighted by Crippen LogP contribution is -2.38. The molecule has 1 aromatic carbocycles. The standard InChI is InChI=1S/C15H14N2O4S/c1-4-5-11(9(2)21-3)15-16-14(18)12-8-10(17(19)20)6-7-13(12)22-15/h4-8,15H,1-2H2,3H3,(H,16,18)/b11-5+. The zero-order valence-electron chi connectivity index (χ0n) is 11.9. The van der Waals surface area contributed by atoms with E-state index in [1.807, 2.05) is 0 Å². The van der Waals surface area contributed by atoms with Crippen molar-refractivity contribution in [2.75, 3.05) is 7.11 Å². The monoisotopic (exact) mass is 318 g/mol. The third-order valence-electron chi connectivity index (χ3n) is 3.07. The molecule has 1 unspecified atom stereocenters. The molecule has 1 aromatic rings. The molecule has 1 aliphatic rings. The van der Waals surface area contributed by atoms with Crippen molar-refractivity contribution in [1.82, 2.24) is 5.32 Å². The Hall–Kier alpha value is -2.54. The van der Waals surface area contributed by atoms with Gasteiger partial charge in [-0.15, -0.1) is 0 Å². The molecule has 114 valence electrons. The third kappa shape index (κ3) is 3.04. The maximum Gasteiger partial charge on any atom is 0.270 e. The van der Waals surface area contributed by atoms with Gasteiger partial charge in [0.15, 0.2) is 0 Å². The van der Waals surface area contributed by atoms with Crippen LogP contribution in [0, 0.1) is 10.1 Å². The highest BCUT2D eigenvalue weighted by atomic mass is 32.2. The average Bonchev–Trinajstić information content (AvgIpc) is 2.51. The number of methoxy groups -OCH3 is 1. The fourth-order valence-electron chi connectivity index (χ4n) is 1.98. The summed E-state index contributed by atoms with van der Waals surface area (Å²) in [4.78, 5) is 23.2. The van der Waals surface area contributed by atoms with E-state index in [1.165, 1.54) is 31.0 Å². The molecule has 1 N–H and O–H groups in total. The summed E-state index contributed by atoms with van der Waals surface area (Å²) in [6, 6.07) is 4.23. The second kappa shape index (κ2) is 6.48. The highest BCUT2D eigenvalue weighted by molar-refractivity contribution is 8.00. The van der Waals surface area contributed by atoms with Gasteiger partial charge in [0.1, 0.15) is 11.1 Å². The Labute approximate surface area is 131 Å². The van der Waals surface area contributed by atoms with E-state index in [4.69, 9.17) is 4.74 Å². The number of nitro groups is 1. The van der Waals surface area contributed by atoms with Gasteiger partial charge in [0.25, 0.3) is 11.6 Å². The number of benzene rings is 1. The van der Waals surface area contributed by atoms with E-state index >= 15 is 0 Å². The summed E-state index contributed by atoms with van der Waals surface area (Å²) < 4.78 is 5.13. The summed E-state index contributed by atoms with van der Waals surface area (Å²) in [6.45, 7) is 7.43. The minimum Gasteiger partial charge on any atom is -0.497 e. The van der Waals surface area contributed by atoms with Crippen LogP contribution in [0.1, 0.15) is 10.4 Å². The van der Waals surface area contributed by atoms with Crippen LogP contribution < -0.4 is 5.32 Å². The molecule has 0 aliphatic carbocycles. The van der Waals surface area contributed by atoms with Gasteiger partial charge in [-0.05, 0) is 6.07 Å². The van der Waals surface area contributed by atoms with Gasteiger partial charge in [-0.1, -0.05) is 37.1 Å². The van der Waals surface area contributed by atoms with Gasteiger partial charge in [0.05, 0.1) is 17.6 Å². The Balaban J connectivity index is 2.38. The van der Waals surface area contributed by atoms with Crippen LogP contribution in [-0.2, 0) is 4.74 Å². The van der Waals surface area contributed by atoms with E-state index in [1.54, 1.807) is 18.2 Å². The maximum absolute atomic E-state index is 12.2. The van der Waals surface area contributed by atoms with E-state index in [0.717, 1.165) is 0 Å². The zero-order valence-corrected chi connectivity index (χ0v) is 12.7. The molecule has 1 heterocycles. The second-order valence-corrected chi connectivity index (χ2v) is 5.54. The number of hydrogen-bond acceptors (Lipinski definition) is 5. The third-order valence-corrected chi connectivity index (χ3v) is 4.29. The van der Waals surface area contributed by atoms with Gasteiger partial charge in [-0.3, -0.25) is 14.9 Å². The molecule has 0 bridgehead atoms. The number of allylic oxidation sites excluding steroid dienone is 2. The molecule has 6 nitrogen and oxygen atoms in total. The largest absolute Gasteiger partial charge is 0.497 e. The molecule has 0 saturated carbocycles. The first-order chi connectivity index (χ1) is 10.5. The number of non-ortho nitro benzene ring substituents is 1. The Bertz CT molecular complexity index is 697. The SMILES string of the molecule is C=C/C=C(\C(=C)OC)C1NC(=O)c2cc([N+](=O)[O-])ccc2S1. The number of fused-ring (bicyclic) bond motifs is 1. The second-order valence-electron chi connectivity index (χ2n) is 4.39. The van der Waals surface area contributed by atoms with Gasteiger partial charge in [-0.25, -0.2) is 0 Å². The molecule has 7 heteroatoms. The number of nitrogens with zero attached hydrogens (tertiary/aromatic N) is 1. The van der Waals surface area contributed by atoms with Gasteiger partial charge in [0.2, 0.25) is 0 Å². The number of thioether (sulfide) groups is 1. The van der Waals surface area contributed by atoms with Crippen LogP contribution in [0.5, 0.6) is 0 Å². The first-order valence-corrected chi connectivity index (χ1v) is 7.17. The molecule has 1 aliphatic heterocycles. The van der Waals surface area contributed by atoms with Crippen molar-refractivity contribution in [2.24, 2.45) is 0 Å². The van der Waals surface area contributed by atoms with Gasteiger partial charge in [-0.2, -0.15) is 0 Å². The van der Waals surface area contributed by atoms with Crippen molar-refractivity contribution in [2.45, 2.75) is 10.3 Å². The zero-order chi connectivity index (χ0) is 16.3. The highest BCUT2D eigenvalue weighted by Gasteiger charge is 2.30. The van der Waals surface area contributed by atoms with Crippen LogP contribution >= 0.6 is 11.8 Å². The Morgan fingerprint density at radius 3 is 2.86 bits per heavy atom. The molecule has 0 aromatic heterocycles. The van der Waals surface area contributed by atoms with E-state index in [9.17, 15) is 14.9 Å². The van der Waals surface area contributed by atoms with Crippen LogP contribution in [-0.4, -0.2) is 23.3 Å². The van der Waals surface area contributed by atoms with Crippen LogP contribution in [0.4, 0.5) is 5.69 Å². The van der Waals surface area contributed by atoms with E-state index in [2.05, 4.69) is 18.5 Å². The van der Waals surface area contributed by atoms with E-state index in [0.29, 0.717) is 16.2 Å². The normalized spacial score (nSPS) is 17.2. The highest BCUT2D eigenvalue weighted by Crippen LogP contribution is 2.37. The minimum absolute atomic E-state index is 0.115. The summed E-state index contributed by atoms with van der Waals surface area (Å²) in [7, 11) is 1.49. The first-order valence-electron chi connectivity index (χ1n) is 6.29. The number of nitro benzene ring substituents is 1. The Kier molecular flexibility index (Phi) is 4.67. The van der Waals surface area contributed by atoms with Crippen LogP contribution in [0.3, 0.4) is 0 Å². The molecular formula is C15H14N2O4S. The van der Waals surface area contributed by atoms with Gasteiger partial charge in [0, 0.05) is 22.6 Å². The maximum atomic E-state index is 12.2. The van der Waals surface area contributed by atoms with Gasteiger partial charge >= 0.3 is 0 Å². The molecule has 22 heavy (non-hydrogen) atoms. The number of nitrogens with one attached hydrogen (secondary N) is 1. The summed E-state index contributed by atoms with van der Waals surface area (Å²) >= 11 is 1.36. The lowest BCUT2D eigenvalue weighted by atomic mass is 10.1. The average molecular weight is 318 g/mol. The van der Waals surface area contributed by atoms with E-state index < -0.39 is 10.3 Å². The van der Waals surface area contributed by atoms with Crippen molar-refractivity contribution < 1.29 is 14.5 Å². The minimum atomic E-state index is -0.528. The smallest absolute Gasteiger partial charge is 0.270 e.